The summed E-state index contributed by atoms with van der Waals surface area (Å²) in [5, 5.41) is 0. The minimum Gasteiger partial charge on any atom is -0.303 e. The van der Waals surface area contributed by atoms with Gasteiger partial charge < -0.3 is 4.57 Å². The average Bonchev–Trinajstić information content (AvgIpc) is 3.34. The Morgan fingerprint density at radius 1 is 1.00 bits per heavy atom. The van der Waals surface area contributed by atoms with Gasteiger partial charge in [0.15, 0.2) is 0 Å². The summed E-state index contributed by atoms with van der Waals surface area (Å²) in [7, 11) is -3.98. The SMILES string of the molecule is O=C1CN(c2cccc(-n3cc(-c4ccc(F)cc4F)nc3Cc3ccc(Br)cc3)c2)S(=O)(=O)N1. The van der Waals surface area contributed by atoms with Gasteiger partial charge in [0.05, 0.1) is 11.4 Å². The Morgan fingerprint density at radius 2 is 1.74 bits per heavy atom. The molecule has 0 unspecified atom stereocenters. The summed E-state index contributed by atoms with van der Waals surface area (Å²) in [6.45, 7) is -0.326. The van der Waals surface area contributed by atoms with Crippen LogP contribution in [0.3, 0.4) is 0 Å². The topological polar surface area (TPSA) is 84.3 Å². The zero-order valence-electron chi connectivity index (χ0n) is 18.0. The third kappa shape index (κ3) is 4.69. The molecular weight excluding hydrogens is 542 g/mol. The molecule has 178 valence electrons. The van der Waals surface area contributed by atoms with Crippen molar-refractivity contribution >= 4 is 37.7 Å². The third-order valence-corrected chi connectivity index (χ3v) is 7.41. The van der Waals surface area contributed by atoms with E-state index in [9.17, 15) is 22.0 Å². The molecule has 3 aromatic carbocycles. The lowest BCUT2D eigenvalue weighted by molar-refractivity contribution is -0.117. The Hall–Kier alpha value is -3.57. The van der Waals surface area contributed by atoms with Crippen molar-refractivity contribution in [3.8, 4) is 16.9 Å². The molecule has 4 aromatic rings. The fraction of sp³-hybridized carbons (Fsp3) is 0.0833. The Labute approximate surface area is 208 Å². The first-order valence-electron chi connectivity index (χ1n) is 10.4. The van der Waals surface area contributed by atoms with E-state index in [1.807, 2.05) is 29.0 Å². The van der Waals surface area contributed by atoms with Crippen molar-refractivity contribution in [3.63, 3.8) is 0 Å². The van der Waals surface area contributed by atoms with E-state index in [2.05, 4.69) is 20.9 Å². The second kappa shape index (κ2) is 8.90. The first-order chi connectivity index (χ1) is 16.7. The Bertz CT molecular complexity index is 1560. The van der Waals surface area contributed by atoms with Gasteiger partial charge >= 0.3 is 10.2 Å². The van der Waals surface area contributed by atoms with Crippen LogP contribution in [0.1, 0.15) is 11.4 Å². The van der Waals surface area contributed by atoms with Gasteiger partial charge in [0.1, 0.15) is 24.0 Å². The van der Waals surface area contributed by atoms with E-state index < -0.39 is 27.8 Å². The number of halogens is 3. The first kappa shape index (κ1) is 23.2. The van der Waals surface area contributed by atoms with Crippen LogP contribution in [0.2, 0.25) is 0 Å². The number of amides is 1. The van der Waals surface area contributed by atoms with E-state index in [4.69, 9.17) is 0 Å². The van der Waals surface area contributed by atoms with Gasteiger partial charge in [-0.05, 0) is 48.0 Å². The van der Waals surface area contributed by atoms with E-state index in [1.54, 1.807) is 35.0 Å². The van der Waals surface area contributed by atoms with Crippen LogP contribution in [0.5, 0.6) is 0 Å². The molecule has 0 aliphatic carbocycles. The number of carbonyl (C=O) groups excluding carboxylic acids is 1. The van der Waals surface area contributed by atoms with Crippen LogP contribution in [0, 0.1) is 11.6 Å². The third-order valence-electron chi connectivity index (χ3n) is 5.48. The number of hydrogen-bond acceptors (Lipinski definition) is 4. The number of imidazole rings is 1. The molecule has 0 spiro atoms. The first-order valence-corrected chi connectivity index (χ1v) is 12.6. The Balaban J connectivity index is 1.61. The molecule has 1 fully saturated rings. The zero-order valence-corrected chi connectivity index (χ0v) is 20.4. The smallest absolute Gasteiger partial charge is 0.303 e. The highest BCUT2D eigenvalue weighted by molar-refractivity contribution is 9.10. The molecule has 11 heteroatoms. The number of hydrogen-bond donors (Lipinski definition) is 1. The van der Waals surface area contributed by atoms with Gasteiger partial charge in [-0.15, -0.1) is 0 Å². The van der Waals surface area contributed by atoms with Crippen molar-refractivity contribution in [3.05, 3.63) is 100 Å². The summed E-state index contributed by atoms with van der Waals surface area (Å²) in [6.07, 6.45) is 2.01. The summed E-state index contributed by atoms with van der Waals surface area (Å²) in [4.78, 5) is 16.3. The lowest BCUT2D eigenvalue weighted by Gasteiger charge is -2.16. The number of benzene rings is 3. The van der Waals surface area contributed by atoms with Crippen LogP contribution in [0.4, 0.5) is 14.5 Å². The maximum absolute atomic E-state index is 14.5. The summed E-state index contributed by atoms with van der Waals surface area (Å²) in [5.74, 6) is -1.50. The molecular formula is C24H17BrF2N4O3S. The summed E-state index contributed by atoms with van der Waals surface area (Å²) < 4.78 is 58.2. The van der Waals surface area contributed by atoms with E-state index in [0.717, 1.165) is 26.5 Å². The molecule has 1 aliphatic heterocycles. The molecule has 7 nitrogen and oxygen atoms in total. The van der Waals surface area contributed by atoms with Crippen molar-refractivity contribution in [2.75, 3.05) is 10.8 Å². The molecule has 2 heterocycles. The van der Waals surface area contributed by atoms with Gasteiger partial charge in [-0.25, -0.2) is 22.8 Å². The number of nitrogens with one attached hydrogen (secondary N) is 1. The van der Waals surface area contributed by atoms with Crippen LogP contribution >= 0.6 is 15.9 Å². The number of anilines is 1. The van der Waals surface area contributed by atoms with Crippen LogP contribution in [-0.4, -0.2) is 30.4 Å². The predicted octanol–water partition coefficient (Wildman–Crippen LogP) is 4.35. The van der Waals surface area contributed by atoms with Crippen molar-refractivity contribution in [1.82, 2.24) is 14.3 Å². The minimum absolute atomic E-state index is 0.135. The highest BCUT2D eigenvalue weighted by Gasteiger charge is 2.34. The number of rotatable bonds is 5. The van der Waals surface area contributed by atoms with Gasteiger partial charge in [0.2, 0.25) is 0 Å². The normalized spacial score (nSPS) is 14.8. The largest absolute Gasteiger partial charge is 0.326 e. The molecule has 1 amide bonds. The van der Waals surface area contributed by atoms with Gasteiger partial charge in [0, 0.05) is 34.4 Å². The van der Waals surface area contributed by atoms with Gasteiger partial charge in [-0.1, -0.05) is 34.1 Å². The lowest BCUT2D eigenvalue weighted by Crippen LogP contribution is -2.29. The standard InChI is InChI=1S/C24H17BrF2N4O3S/c25-16-6-4-15(5-7-16)10-23-28-22(20-9-8-17(26)11-21(20)27)13-30(23)18-2-1-3-19(12-18)31-14-24(32)29-35(31,33)34/h1-9,11-13H,10,14H2,(H,29,32). The zero-order chi connectivity index (χ0) is 24.7. The Kier molecular flexibility index (Phi) is 5.89. The molecule has 1 aliphatic rings. The van der Waals surface area contributed by atoms with Crippen molar-refractivity contribution < 1.29 is 22.0 Å². The fourth-order valence-electron chi connectivity index (χ4n) is 3.85. The molecule has 5 rings (SSSR count). The van der Waals surface area contributed by atoms with Crippen LogP contribution < -0.4 is 9.03 Å². The van der Waals surface area contributed by atoms with Crippen LogP contribution in [0.25, 0.3) is 16.9 Å². The molecule has 0 radical (unpaired) electrons. The number of nitrogens with zero attached hydrogens (tertiary/aromatic N) is 3. The highest BCUT2D eigenvalue weighted by Crippen LogP contribution is 2.29. The van der Waals surface area contributed by atoms with Crippen LogP contribution in [-0.2, 0) is 21.4 Å². The maximum Gasteiger partial charge on any atom is 0.326 e. The monoisotopic (exact) mass is 558 g/mol. The van der Waals surface area contributed by atoms with E-state index in [-0.39, 0.29) is 12.1 Å². The average molecular weight is 559 g/mol. The highest BCUT2D eigenvalue weighted by atomic mass is 79.9. The number of carbonyl (C=O) groups is 1. The van der Waals surface area contributed by atoms with Crippen molar-refractivity contribution in [1.29, 1.82) is 0 Å². The van der Waals surface area contributed by atoms with Gasteiger partial charge in [0.25, 0.3) is 5.91 Å². The predicted molar refractivity (Wildman–Crippen MR) is 130 cm³/mol. The van der Waals surface area contributed by atoms with Crippen molar-refractivity contribution in [2.45, 2.75) is 6.42 Å². The van der Waals surface area contributed by atoms with E-state index >= 15 is 0 Å². The molecule has 1 saturated heterocycles. The molecule has 0 saturated carbocycles. The molecule has 0 atom stereocenters. The summed E-state index contributed by atoms with van der Waals surface area (Å²) in [6, 6.07) is 17.5. The van der Waals surface area contributed by atoms with Gasteiger partial charge in [-0.3, -0.25) is 4.79 Å². The minimum atomic E-state index is -3.98. The van der Waals surface area contributed by atoms with E-state index in [1.165, 1.54) is 6.07 Å². The molecule has 1 aromatic heterocycles. The fourth-order valence-corrected chi connectivity index (χ4v) is 5.26. The van der Waals surface area contributed by atoms with Gasteiger partial charge in [-0.2, -0.15) is 8.42 Å². The van der Waals surface area contributed by atoms with Crippen LogP contribution in [0.15, 0.2) is 77.4 Å². The lowest BCUT2D eigenvalue weighted by atomic mass is 10.1. The Morgan fingerprint density at radius 3 is 2.43 bits per heavy atom. The maximum atomic E-state index is 14.5. The summed E-state index contributed by atoms with van der Waals surface area (Å²) in [5.41, 5.74) is 2.23. The second-order valence-corrected chi connectivity index (χ2v) is 10.4. The quantitative estimate of drug-likeness (QED) is 0.394. The summed E-state index contributed by atoms with van der Waals surface area (Å²) >= 11 is 3.41. The second-order valence-electron chi connectivity index (χ2n) is 7.90. The number of aromatic nitrogens is 2. The molecule has 35 heavy (non-hydrogen) atoms. The molecule has 0 bridgehead atoms. The van der Waals surface area contributed by atoms with E-state index in [0.29, 0.717) is 29.3 Å². The van der Waals surface area contributed by atoms with Crippen molar-refractivity contribution in [2.24, 2.45) is 0 Å². The molecule has 1 N–H and O–H groups in total.